The molecule has 9 nitrogen and oxygen atoms in total. The molecule has 0 aliphatic carbocycles. The Kier molecular flexibility index (Phi) is 6.78. The lowest BCUT2D eigenvalue weighted by molar-refractivity contribution is -0.121. The fourth-order valence-corrected chi connectivity index (χ4v) is 3.88. The smallest absolute Gasteiger partial charge is 0.253 e. The molecule has 1 saturated heterocycles. The molecular formula is C22H20BrFN6O3. The van der Waals surface area contributed by atoms with Gasteiger partial charge in [-0.2, -0.15) is 0 Å². The van der Waals surface area contributed by atoms with Crippen molar-refractivity contribution in [3.63, 3.8) is 0 Å². The molecule has 3 N–H and O–H groups in total. The number of amidine groups is 1. The summed E-state index contributed by atoms with van der Waals surface area (Å²) in [7, 11) is 0. The topological polar surface area (TPSA) is 127 Å². The first-order valence-electron chi connectivity index (χ1n) is 10.2. The monoisotopic (exact) mass is 514 g/mol. The predicted octanol–water partition coefficient (Wildman–Crippen LogP) is 3.50. The van der Waals surface area contributed by atoms with Gasteiger partial charge in [0.05, 0.1) is 10.2 Å². The van der Waals surface area contributed by atoms with E-state index in [2.05, 4.69) is 36.6 Å². The van der Waals surface area contributed by atoms with Crippen LogP contribution in [0.15, 0.2) is 62.6 Å². The van der Waals surface area contributed by atoms with Crippen LogP contribution in [0.25, 0.3) is 0 Å². The van der Waals surface area contributed by atoms with E-state index in [4.69, 9.17) is 10.4 Å². The third-order valence-electron chi connectivity index (χ3n) is 5.30. The van der Waals surface area contributed by atoms with Crippen molar-refractivity contribution >= 4 is 45.1 Å². The van der Waals surface area contributed by atoms with Crippen LogP contribution in [0.5, 0.6) is 0 Å². The second-order valence-corrected chi connectivity index (χ2v) is 8.33. The number of rotatable bonds is 5. The fraction of sp³-hybridized carbons (Fsp3) is 0.227. The molecule has 0 saturated carbocycles. The summed E-state index contributed by atoms with van der Waals surface area (Å²) in [5, 5.41) is 10.1. The zero-order chi connectivity index (χ0) is 23.4. The number of likely N-dealkylation sites (tertiary alicyclic amines) is 1. The van der Waals surface area contributed by atoms with E-state index in [-0.39, 0.29) is 39.6 Å². The third kappa shape index (κ3) is 5.25. The highest BCUT2D eigenvalue weighted by Gasteiger charge is 2.29. The van der Waals surface area contributed by atoms with Crippen LogP contribution in [0, 0.1) is 11.7 Å². The van der Waals surface area contributed by atoms with Crippen molar-refractivity contribution in [1.29, 1.82) is 0 Å². The number of halogens is 2. The summed E-state index contributed by atoms with van der Waals surface area (Å²) in [5.41, 5.74) is 7.09. The van der Waals surface area contributed by atoms with E-state index in [1.54, 1.807) is 17.0 Å². The number of carbonyl (C=O) groups excluding carboxylic acids is 2. The molecule has 170 valence electrons. The molecule has 11 heteroatoms. The van der Waals surface area contributed by atoms with Crippen molar-refractivity contribution in [3.8, 4) is 0 Å². The Morgan fingerprint density at radius 1 is 1.15 bits per heavy atom. The van der Waals surface area contributed by atoms with Gasteiger partial charge in [-0.25, -0.2) is 14.0 Å². The van der Waals surface area contributed by atoms with Crippen LogP contribution >= 0.6 is 15.9 Å². The molecule has 0 bridgehead atoms. The molecule has 33 heavy (non-hydrogen) atoms. The number of amides is 2. The summed E-state index contributed by atoms with van der Waals surface area (Å²) >= 11 is 3.09. The van der Waals surface area contributed by atoms with Gasteiger partial charge in [0.2, 0.25) is 11.7 Å². The Labute approximate surface area is 196 Å². The summed E-state index contributed by atoms with van der Waals surface area (Å²) in [6.45, 7) is 0.942. The molecule has 0 unspecified atom stereocenters. The number of piperidine rings is 1. The molecule has 1 fully saturated rings. The molecule has 1 aliphatic rings. The molecule has 4 rings (SSSR count). The van der Waals surface area contributed by atoms with Gasteiger partial charge in [-0.05, 0) is 69.4 Å². The normalized spacial score (nSPS) is 14.8. The second kappa shape index (κ2) is 9.90. The highest BCUT2D eigenvalue weighted by molar-refractivity contribution is 9.10. The minimum absolute atomic E-state index is 0.0465. The van der Waals surface area contributed by atoms with E-state index in [1.807, 2.05) is 18.2 Å². The average molecular weight is 515 g/mol. The lowest BCUT2D eigenvalue weighted by Gasteiger charge is -2.31. The molecule has 0 radical (unpaired) electrons. The number of aromatic nitrogens is 2. The molecule has 1 aliphatic heterocycles. The van der Waals surface area contributed by atoms with Gasteiger partial charge in [-0.15, -0.1) is 0 Å². The average Bonchev–Trinajstić information content (AvgIpc) is 3.30. The van der Waals surface area contributed by atoms with Gasteiger partial charge in [0.1, 0.15) is 5.82 Å². The first kappa shape index (κ1) is 22.6. The van der Waals surface area contributed by atoms with Gasteiger partial charge in [-0.3, -0.25) is 9.59 Å². The summed E-state index contributed by atoms with van der Waals surface area (Å²) < 4.78 is 18.4. The molecule has 0 spiro atoms. The number of benzene rings is 2. The number of aliphatic imine (C=N–C) groups is 1. The summed E-state index contributed by atoms with van der Waals surface area (Å²) in [6, 6.07) is 13.2. The van der Waals surface area contributed by atoms with Crippen molar-refractivity contribution in [3.05, 3.63) is 70.1 Å². The minimum atomic E-state index is -0.430. The third-order valence-corrected chi connectivity index (χ3v) is 5.91. The quantitative estimate of drug-likeness (QED) is 0.396. The Bertz CT molecular complexity index is 1190. The summed E-state index contributed by atoms with van der Waals surface area (Å²) in [4.78, 5) is 31.3. The molecule has 2 aromatic carbocycles. The van der Waals surface area contributed by atoms with Crippen LogP contribution in [-0.2, 0) is 4.79 Å². The van der Waals surface area contributed by atoms with Crippen LogP contribution in [0.4, 0.5) is 15.9 Å². The van der Waals surface area contributed by atoms with E-state index in [1.165, 1.54) is 18.2 Å². The van der Waals surface area contributed by atoms with Crippen molar-refractivity contribution < 1.29 is 18.6 Å². The lowest BCUT2D eigenvalue weighted by Crippen LogP contribution is -2.41. The lowest BCUT2D eigenvalue weighted by atomic mass is 9.95. The molecule has 2 heterocycles. The second-order valence-electron chi connectivity index (χ2n) is 7.48. The van der Waals surface area contributed by atoms with Crippen molar-refractivity contribution in [2.75, 3.05) is 18.4 Å². The standard InChI is InChI=1S/C22H20BrFN6O3/c23-16-12-15(6-7-17(16)24)26-19(25)18-20(29-33-28-18)27-21(31)13-8-10-30(11-9-13)22(32)14-4-2-1-3-5-14/h1-7,12-13H,8-11H2,(H2,25,26)(H,27,29,31). The van der Waals surface area contributed by atoms with Crippen molar-refractivity contribution in [2.24, 2.45) is 16.6 Å². The number of hydrogen-bond acceptors (Lipinski definition) is 6. The van der Waals surface area contributed by atoms with Gasteiger partial charge >= 0.3 is 0 Å². The minimum Gasteiger partial charge on any atom is -0.382 e. The van der Waals surface area contributed by atoms with E-state index < -0.39 is 5.82 Å². The predicted molar refractivity (Wildman–Crippen MR) is 122 cm³/mol. The van der Waals surface area contributed by atoms with E-state index in [0.29, 0.717) is 37.2 Å². The Hall–Kier alpha value is -3.60. The van der Waals surface area contributed by atoms with Crippen LogP contribution < -0.4 is 11.1 Å². The molecule has 1 aromatic heterocycles. The first-order valence-corrected chi connectivity index (χ1v) is 11.0. The van der Waals surface area contributed by atoms with E-state index in [0.717, 1.165) is 0 Å². The number of nitrogens with two attached hydrogens (primary N) is 1. The zero-order valence-electron chi connectivity index (χ0n) is 17.4. The Morgan fingerprint density at radius 2 is 1.88 bits per heavy atom. The number of hydrogen-bond donors (Lipinski definition) is 2. The highest BCUT2D eigenvalue weighted by Crippen LogP contribution is 2.24. The molecule has 2 amide bonds. The summed E-state index contributed by atoms with van der Waals surface area (Å²) in [5.74, 6) is -1.05. The summed E-state index contributed by atoms with van der Waals surface area (Å²) in [6.07, 6.45) is 1.02. The number of nitrogens with one attached hydrogen (secondary N) is 1. The molecule has 0 atom stereocenters. The van der Waals surface area contributed by atoms with Crippen LogP contribution in [0.3, 0.4) is 0 Å². The maximum absolute atomic E-state index is 13.4. The Balaban J connectivity index is 1.38. The fourth-order valence-electron chi connectivity index (χ4n) is 3.51. The van der Waals surface area contributed by atoms with Gasteiger partial charge in [0.25, 0.3) is 5.91 Å². The maximum Gasteiger partial charge on any atom is 0.253 e. The SMILES string of the molecule is NC(=Nc1ccc(F)c(Br)c1)c1nonc1NC(=O)C1CCN(C(=O)c2ccccc2)CC1. The van der Waals surface area contributed by atoms with Crippen molar-refractivity contribution in [1.82, 2.24) is 15.2 Å². The van der Waals surface area contributed by atoms with Crippen molar-refractivity contribution in [2.45, 2.75) is 12.8 Å². The van der Waals surface area contributed by atoms with Gasteiger partial charge in [0, 0.05) is 24.6 Å². The maximum atomic E-state index is 13.4. The number of anilines is 1. The van der Waals surface area contributed by atoms with Crippen LogP contribution in [-0.4, -0.2) is 46.0 Å². The van der Waals surface area contributed by atoms with Crippen LogP contribution in [0.2, 0.25) is 0 Å². The number of nitrogens with zero attached hydrogens (tertiary/aromatic N) is 4. The molecular weight excluding hydrogens is 495 g/mol. The van der Waals surface area contributed by atoms with Gasteiger partial charge in [-0.1, -0.05) is 18.2 Å². The zero-order valence-corrected chi connectivity index (χ0v) is 19.0. The largest absolute Gasteiger partial charge is 0.382 e. The van der Waals surface area contributed by atoms with Crippen LogP contribution in [0.1, 0.15) is 28.9 Å². The number of carbonyl (C=O) groups is 2. The highest BCUT2D eigenvalue weighted by atomic mass is 79.9. The van der Waals surface area contributed by atoms with E-state index >= 15 is 0 Å². The molecule has 3 aromatic rings. The Morgan fingerprint density at radius 3 is 2.58 bits per heavy atom. The van der Waals surface area contributed by atoms with E-state index in [9.17, 15) is 14.0 Å². The van der Waals surface area contributed by atoms with Gasteiger partial charge < -0.3 is 16.0 Å². The van der Waals surface area contributed by atoms with Gasteiger partial charge in [0.15, 0.2) is 11.5 Å². The first-order chi connectivity index (χ1) is 15.9.